The van der Waals surface area contributed by atoms with Gasteiger partial charge in [0.15, 0.2) is 0 Å². The first-order valence-corrected chi connectivity index (χ1v) is 12.9. The molecule has 14 nitrogen and oxygen atoms in total. The third kappa shape index (κ3) is 13.4. The summed E-state index contributed by atoms with van der Waals surface area (Å²) in [5, 5.41) is 30.9. The fourth-order valence-electron chi connectivity index (χ4n) is 3.32. The quantitative estimate of drug-likeness (QED) is 0.0857. The van der Waals surface area contributed by atoms with Gasteiger partial charge in [-0.3, -0.25) is 34.1 Å². The lowest BCUT2D eigenvalue weighted by atomic mass is 10.1. The molecule has 0 heterocycles. The van der Waals surface area contributed by atoms with Crippen molar-refractivity contribution in [2.45, 2.75) is 51.0 Å². The van der Waals surface area contributed by atoms with E-state index >= 15 is 0 Å². The van der Waals surface area contributed by atoms with E-state index in [2.05, 4.69) is 0 Å². The van der Waals surface area contributed by atoms with Crippen molar-refractivity contribution in [2.75, 3.05) is 40.9 Å². The van der Waals surface area contributed by atoms with Gasteiger partial charge in [0.05, 0.1) is 56.7 Å². The highest BCUT2D eigenvalue weighted by Crippen LogP contribution is 2.45. The van der Waals surface area contributed by atoms with E-state index in [1.165, 1.54) is 0 Å². The number of nitro groups is 2. The number of rotatable bonds is 19. The van der Waals surface area contributed by atoms with E-state index in [9.17, 15) is 34.5 Å². The minimum Gasteiger partial charge on any atom is -0.487 e. The van der Waals surface area contributed by atoms with Crippen LogP contribution in [0, 0.1) is 20.2 Å². The number of unbranched alkanes of at least 4 members (excludes halogenated alkanes) is 5. The van der Waals surface area contributed by atoms with Crippen molar-refractivity contribution in [3.8, 4) is 5.75 Å². The third-order valence-corrected chi connectivity index (χ3v) is 5.91. The number of hydrogen-bond acceptors (Lipinski definition) is 9. The summed E-state index contributed by atoms with van der Waals surface area (Å²) in [5.74, 6) is -1.28. The first-order valence-electron chi connectivity index (χ1n) is 11.4. The Labute approximate surface area is 209 Å². The molecule has 0 amide bonds. The van der Waals surface area contributed by atoms with Crippen molar-refractivity contribution < 1.29 is 47.5 Å². The number of benzene rings is 1. The summed E-state index contributed by atoms with van der Waals surface area (Å²) in [7, 11) is 1.04. The maximum absolute atomic E-state index is 12.2. The lowest BCUT2D eigenvalue weighted by molar-refractivity contribution is -0.873. The van der Waals surface area contributed by atoms with Crippen molar-refractivity contribution in [3.63, 3.8) is 0 Å². The maximum atomic E-state index is 12.2. The summed E-state index contributed by atoms with van der Waals surface area (Å²) < 4.78 is 27.9. The number of quaternary nitrogens is 1. The van der Waals surface area contributed by atoms with Gasteiger partial charge in [-0.25, -0.2) is 4.57 Å². The molecule has 0 radical (unpaired) electrons. The molecule has 1 aromatic rings. The summed E-state index contributed by atoms with van der Waals surface area (Å²) in [4.78, 5) is 41.5. The van der Waals surface area contributed by atoms with Crippen LogP contribution < -0.4 is 4.74 Å². The molecule has 1 aromatic carbocycles. The van der Waals surface area contributed by atoms with Crippen molar-refractivity contribution in [2.24, 2.45) is 0 Å². The Morgan fingerprint density at radius 2 is 1.61 bits per heavy atom. The lowest BCUT2D eigenvalue weighted by Crippen LogP contribution is -2.42. The molecule has 0 spiro atoms. The largest absolute Gasteiger partial charge is 0.487 e. The molecule has 0 aromatic heterocycles. The molecule has 15 heteroatoms. The highest BCUT2D eigenvalue weighted by Gasteiger charge is 2.31. The highest BCUT2D eigenvalue weighted by molar-refractivity contribution is 7.47. The molecule has 1 rings (SSSR count). The predicted octanol–water partition coefficient (Wildman–Crippen LogP) is 3.91. The molecule has 204 valence electrons. The van der Waals surface area contributed by atoms with Gasteiger partial charge in [-0.15, -0.1) is 0 Å². The van der Waals surface area contributed by atoms with Gasteiger partial charge >= 0.3 is 19.5 Å². The van der Waals surface area contributed by atoms with Crippen LogP contribution in [-0.2, 0) is 18.4 Å². The Hall–Kier alpha value is -2.64. The second kappa shape index (κ2) is 14.8. The number of nitro benzene ring substituents is 2. The van der Waals surface area contributed by atoms with Gasteiger partial charge in [0.1, 0.15) is 12.6 Å². The number of carboxylic acid groups (broad SMARTS) is 1. The van der Waals surface area contributed by atoms with Gasteiger partial charge < -0.3 is 19.2 Å². The van der Waals surface area contributed by atoms with Crippen molar-refractivity contribution in [1.82, 2.24) is 0 Å². The average molecular weight is 536 g/mol. The Balaban J connectivity index is 2.27. The number of nitrogens with zero attached hydrogens (tertiary/aromatic N) is 3. The Morgan fingerprint density at radius 1 is 1.03 bits per heavy atom. The van der Waals surface area contributed by atoms with E-state index < -0.39 is 36.2 Å². The number of hydrogen-bond donors (Lipinski definition) is 2. The summed E-state index contributed by atoms with van der Waals surface area (Å²) in [6.45, 7) is 0.372. The topological polar surface area (TPSA) is 189 Å². The van der Waals surface area contributed by atoms with Gasteiger partial charge in [-0.1, -0.05) is 25.7 Å². The first kappa shape index (κ1) is 31.4. The lowest BCUT2D eigenvalue weighted by Gasteiger charge is -2.29. The molecule has 0 saturated carbocycles. The van der Waals surface area contributed by atoms with E-state index in [4.69, 9.17) is 18.9 Å². The van der Waals surface area contributed by atoms with Crippen LogP contribution in [0.25, 0.3) is 0 Å². The van der Waals surface area contributed by atoms with Crippen LogP contribution in [0.5, 0.6) is 5.75 Å². The van der Waals surface area contributed by atoms with Crippen LogP contribution in [0.4, 0.5) is 11.4 Å². The van der Waals surface area contributed by atoms with Gasteiger partial charge in [-0.05, 0) is 12.8 Å². The summed E-state index contributed by atoms with van der Waals surface area (Å²) in [5.41, 5.74) is -0.626. The standard InChI is InChI=1S/C21H34N3O11P/c1-24(2,3)16-18(15-21(25)26)35-36(31,32)34-13-9-7-5-4-6-8-12-33-20-14-17(22(27)28)10-11-19(20)23(29)30/h10-11,14,18H,4-9,12-13,15-16H2,1-3H3,(H-,25,26,31,32)/p+1/t18-/m1/s1. The first-order chi connectivity index (χ1) is 16.7. The molecule has 1 unspecified atom stereocenters. The number of likely N-dealkylation sites (N-methyl/N-ethyl adjacent to an activating group) is 1. The maximum Gasteiger partial charge on any atom is 0.472 e. The third-order valence-electron chi connectivity index (χ3n) is 4.84. The second-order valence-corrected chi connectivity index (χ2v) is 10.6. The van der Waals surface area contributed by atoms with Gasteiger partial charge in [0.25, 0.3) is 5.69 Å². The monoisotopic (exact) mass is 536 g/mol. The Kier molecular flexibility index (Phi) is 12.9. The SMILES string of the molecule is C[N+](C)(C)C[C@@H](CC(=O)O)OP(=O)(O)OCCCCCCCCOc1cc([N+](=O)[O-])ccc1[N+](=O)[O-]. The molecule has 36 heavy (non-hydrogen) atoms. The molecule has 0 fully saturated rings. The number of phosphoric acid groups is 1. The highest BCUT2D eigenvalue weighted by atomic mass is 31.2. The summed E-state index contributed by atoms with van der Waals surface area (Å²) >= 11 is 0. The van der Waals surface area contributed by atoms with E-state index in [1.807, 2.05) is 21.1 Å². The van der Waals surface area contributed by atoms with Crippen LogP contribution in [0.3, 0.4) is 0 Å². The number of ether oxygens (including phenoxy) is 1. The number of aliphatic carboxylic acids is 1. The zero-order valence-corrected chi connectivity index (χ0v) is 21.6. The summed E-state index contributed by atoms with van der Waals surface area (Å²) in [6, 6.07) is 3.13. The number of phosphoric ester groups is 1. The Bertz CT molecular complexity index is 936. The number of carboxylic acids is 1. The van der Waals surface area contributed by atoms with Crippen molar-refractivity contribution in [1.29, 1.82) is 0 Å². The normalized spacial score (nSPS) is 14.1. The number of non-ortho nitro benzene ring substituents is 1. The van der Waals surface area contributed by atoms with E-state index in [0.29, 0.717) is 23.7 Å². The fourth-order valence-corrected chi connectivity index (χ4v) is 4.25. The smallest absolute Gasteiger partial charge is 0.472 e. The van der Waals surface area contributed by atoms with Gasteiger partial charge in [0, 0.05) is 12.1 Å². The molecule has 0 saturated heterocycles. The molecule has 2 atom stereocenters. The predicted molar refractivity (Wildman–Crippen MR) is 129 cm³/mol. The van der Waals surface area contributed by atoms with E-state index in [1.54, 1.807) is 0 Å². The minimum absolute atomic E-state index is 0.0164. The van der Waals surface area contributed by atoms with Crippen LogP contribution in [0.1, 0.15) is 44.9 Å². The molecular formula is C21H35N3O11P+. The average Bonchev–Trinajstić information content (AvgIpc) is 2.72. The van der Waals surface area contributed by atoms with Crippen molar-refractivity contribution in [3.05, 3.63) is 38.4 Å². The number of carbonyl (C=O) groups is 1. The van der Waals surface area contributed by atoms with E-state index in [-0.39, 0.29) is 36.9 Å². The zero-order chi connectivity index (χ0) is 27.4. The molecule has 0 bridgehead atoms. The fraction of sp³-hybridized carbons (Fsp3) is 0.667. The molecular weight excluding hydrogens is 501 g/mol. The molecule has 0 aliphatic carbocycles. The van der Waals surface area contributed by atoms with Crippen LogP contribution in [0.2, 0.25) is 0 Å². The van der Waals surface area contributed by atoms with E-state index in [0.717, 1.165) is 37.5 Å². The van der Waals surface area contributed by atoms with Crippen LogP contribution >= 0.6 is 7.82 Å². The van der Waals surface area contributed by atoms with Gasteiger partial charge in [0.2, 0.25) is 5.75 Å². The van der Waals surface area contributed by atoms with Crippen LogP contribution in [-0.4, -0.2) is 77.3 Å². The Morgan fingerprint density at radius 3 is 2.14 bits per heavy atom. The summed E-state index contributed by atoms with van der Waals surface area (Å²) in [6.07, 6.45) is 2.81. The van der Waals surface area contributed by atoms with Crippen LogP contribution in [0.15, 0.2) is 18.2 Å². The molecule has 0 aliphatic heterocycles. The van der Waals surface area contributed by atoms with Gasteiger partial charge in [-0.2, -0.15) is 0 Å². The van der Waals surface area contributed by atoms with Crippen molar-refractivity contribution >= 4 is 25.2 Å². The molecule has 2 N–H and O–H groups in total. The minimum atomic E-state index is -4.39. The second-order valence-electron chi connectivity index (χ2n) is 9.24. The zero-order valence-electron chi connectivity index (χ0n) is 20.7. The molecule has 0 aliphatic rings.